The predicted octanol–water partition coefficient (Wildman–Crippen LogP) is -16.1. The summed E-state index contributed by atoms with van der Waals surface area (Å²) in [6.07, 6.45) is 2.92. The number of hydrogen-bond acceptors (Lipinski definition) is 16. The Balaban J connectivity index is -0.0000000275. The summed E-state index contributed by atoms with van der Waals surface area (Å²) in [4.78, 5) is 70.1. The van der Waals surface area contributed by atoms with Crippen LogP contribution in [0.25, 0.3) is 0 Å². The van der Waals surface area contributed by atoms with E-state index in [1.165, 1.54) is 0 Å². The van der Waals surface area contributed by atoms with Crippen molar-refractivity contribution in [1.29, 1.82) is 0 Å². The van der Waals surface area contributed by atoms with Crippen molar-refractivity contribution in [3.8, 4) is 0 Å². The van der Waals surface area contributed by atoms with Crippen LogP contribution >= 0.6 is 25.3 Å². The van der Waals surface area contributed by atoms with E-state index in [0.717, 1.165) is 18.6 Å². The predicted molar refractivity (Wildman–Crippen MR) is 112 cm³/mol. The van der Waals surface area contributed by atoms with Crippen LogP contribution in [0.4, 0.5) is 4.79 Å². The summed E-state index contributed by atoms with van der Waals surface area (Å²) < 4.78 is 0. The molecule has 2 atom stereocenters. The van der Waals surface area contributed by atoms with Gasteiger partial charge in [-0.25, -0.2) is 4.79 Å². The summed E-state index contributed by atoms with van der Waals surface area (Å²) in [5, 5.41) is 31.5. The van der Waals surface area contributed by atoms with Gasteiger partial charge in [-0.15, -0.1) is 0 Å². The van der Waals surface area contributed by atoms with Crippen LogP contribution in [0.5, 0.6) is 0 Å². The molecule has 1 aliphatic heterocycles. The van der Waals surface area contributed by atoms with Gasteiger partial charge < -0.3 is 48.8 Å². The molecule has 1 heterocycles. The molecule has 0 spiro atoms. The van der Waals surface area contributed by atoms with Crippen molar-refractivity contribution in [2.75, 3.05) is 11.5 Å². The Labute approximate surface area is 398 Å². The molecule has 0 aromatic heterocycles. The minimum Gasteiger partial charge on any atom is -1.00 e. The smallest absolute Gasteiger partial charge is 1.00 e. The maximum absolute atomic E-state index is 10.9. The van der Waals surface area contributed by atoms with Gasteiger partial charge >= 0.3 is 218 Å². The molecule has 1 aliphatic rings. The van der Waals surface area contributed by atoms with E-state index in [0.29, 0.717) is 18.6 Å². The molecule has 0 aromatic rings. The Morgan fingerprint density at radius 2 is 1.41 bits per heavy atom. The number of nitrogens with one attached hydrogen (secondary N) is 2. The maximum atomic E-state index is 10.9. The molecule has 198 valence electrons. The number of hydrogen-bond donors (Lipinski definition) is 6. The van der Waals surface area contributed by atoms with E-state index in [1.54, 1.807) is 0 Å². The molecule has 0 aliphatic carbocycles. The fraction of sp³-hybridized carbons (Fsp3) is 0.600. The maximum Gasteiger partial charge on any atom is 1.00 e. The van der Waals surface area contributed by atoms with Crippen molar-refractivity contribution < 1.29 is 266 Å². The molecule has 22 heteroatoms. The topological polar surface area (TPSA) is 292 Å². The van der Waals surface area contributed by atoms with Gasteiger partial charge in [0.05, 0.1) is 5.97 Å². The molecule has 7 N–H and O–H groups in total. The van der Waals surface area contributed by atoms with Gasteiger partial charge in [0, 0.05) is 6.04 Å². The molecule has 0 saturated carbocycles. The summed E-state index contributed by atoms with van der Waals surface area (Å²) in [6.45, 7) is -0.361. The number of thiol groups is 2. The third-order valence-corrected chi connectivity index (χ3v) is 3.20. The standard InChI is InChI=1S/C6H10N2O2S.C5H11NO2S.2CH2O3.CO2.CH4.4K.H3N.H/c9-5-4(2-1-3-11)7-6(10)8-5;6-4(5(7)8)2-1-3-9;2*2-1-4-3;2-1-3;;;;;;;/h4,11H,1-3H2,(H2,7,8,9,10);4,9H,1-3,6H2,(H,7,8);2*1,3H;;1H4;;;;;1H3;/q;;;;;;4*+1;;-1/p-3. The van der Waals surface area contributed by atoms with Crippen molar-refractivity contribution >= 4 is 62.3 Å². The molecule has 0 radical (unpaired) electrons. The average Bonchev–Trinajstić information content (AvgIpc) is 3.08. The number of rotatable bonds is 9. The van der Waals surface area contributed by atoms with Crippen molar-refractivity contribution in [3.63, 3.8) is 0 Å². The van der Waals surface area contributed by atoms with E-state index >= 15 is 0 Å². The number of urea groups is 1. The molecular formula is C15H30K4N4O12S2. The van der Waals surface area contributed by atoms with E-state index in [-0.39, 0.29) is 258 Å². The number of carbonyl (C=O) groups excluding carboxylic acids is 7. The van der Waals surface area contributed by atoms with Crippen LogP contribution in [0.2, 0.25) is 0 Å². The van der Waals surface area contributed by atoms with Gasteiger partial charge in [0.2, 0.25) is 0 Å². The zero-order valence-corrected chi connectivity index (χ0v) is 34.9. The van der Waals surface area contributed by atoms with Crippen molar-refractivity contribution in [3.05, 3.63) is 0 Å². The quantitative estimate of drug-likeness (QED) is 0.0330. The van der Waals surface area contributed by atoms with Gasteiger partial charge in [0.25, 0.3) is 18.9 Å². The van der Waals surface area contributed by atoms with Crippen LogP contribution in [0.15, 0.2) is 0 Å². The van der Waals surface area contributed by atoms with E-state index in [1.807, 2.05) is 0 Å². The third-order valence-electron chi connectivity index (χ3n) is 2.56. The second kappa shape index (κ2) is 59.3. The van der Waals surface area contributed by atoms with E-state index in [4.69, 9.17) is 35.4 Å². The molecular weight excluding hydrogens is 649 g/mol. The largest absolute Gasteiger partial charge is 1.00 e. The Kier molecular flexibility index (Phi) is 109. The van der Waals surface area contributed by atoms with Crippen molar-refractivity contribution in [2.45, 2.75) is 45.2 Å². The molecule has 0 aromatic carbocycles. The van der Waals surface area contributed by atoms with Crippen LogP contribution in [-0.2, 0) is 38.5 Å². The van der Waals surface area contributed by atoms with Crippen LogP contribution in [0, 0.1) is 0 Å². The van der Waals surface area contributed by atoms with Gasteiger partial charge in [0.1, 0.15) is 6.04 Å². The Morgan fingerprint density at radius 3 is 1.62 bits per heavy atom. The van der Waals surface area contributed by atoms with Crippen LogP contribution in [-0.4, -0.2) is 60.6 Å². The van der Waals surface area contributed by atoms with Crippen molar-refractivity contribution in [2.24, 2.45) is 5.73 Å². The van der Waals surface area contributed by atoms with E-state index in [9.17, 15) is 19.5 Å². The number of aliphatic carboxylic acids is 1. The Morgan fingerprint density at radius 1 is 1.05 bits per heavy atom. The van der Waals surface area contributed by atoms with Gasteiger partial charge in [0.15, 0.2) is 0 Å². The number of imide groups is 1. The SMILES string of the molecule is C.N.NC(CCCS)C(=O)[O-].O=C1NC(=O)C(CCCS)N1.O=C=O.O=CO[O-].O=CO[O-].[H-].[K+].[K+].[K+].[K+]. The van der Waals surface area contributed by atoms with E-state index < -0.39 is 12.0 Å². The first-order valence-corrected chi connectivity index (χ1v) is 9.16. The number of carboxylic acids is 1. The summed E-state index contributed by atoms with van der Waals surface area (Å²) in [5.74, 6) is -0.00533. The number of nitrogens with two attached hydrogens (primary N) is 1. The summed E-state index contributed by atoms with van der Waals surface area (Å²) >= 11 is 7.90. The van der Waals surface area contributed by atoms with E-state index in [2.05, 4.69) is 45.7 Å². The van der Waals surface area contributed by atoms with Gasteiger partial charge in [-0.05, 0) is 37.2 Å². The molecule has 3 amide bonds. The first-order chi connectivity index (χ1) is 14.7. The monoisotopic (exact) mass is 678 g/mol. The fourth-order valence-corrected chi connectivity index (χ4v) is 1.75. The first kappa shape index (κ1) is 68.1. The fourth-order valence-electron chi connectivity index (χ4n) is 1.39. The molecule has 2 unspecified atom stereocenters. The minimum absolute atomic E-state index is 0. The second-order valence-electron chi connectivity index (χ2n) is 4.64. The number of carbonyl (C=O) groups is 5. The first-order valence-electron chi connectivity index (χ1n) is 7.90. The van der Waals surface area contributed by atoms with Crippen LogP contribution < -0.4 is 244 Å². The number of amides is 3. The van der Waals surface area contributed by atoms with Crippen LogP contribution in [0.1, 0.15) is 34.5 Å². The van der Waals surface area contributed by atoms with Crippen LogP contribution in [0.3, 0.4) is 0 Å². The molecule has 1 rings (SSSR count). The Bertz CT molecular complexity index is 554. The molecule has 37 heavy (non-hydrogen) atoms. The normalized spacial score (nSPS) is 11.4. The summed E-state index contributed by atoms with van der Waals surface area (Å²) in [5.41, 5.74) is 5.11. The Hall–Kier alpha value is 3.82. The van der Waals surface area contributed by atoms with Gasteiger partial charge in [-0.2, -0.15) is 34.8 Å². The summed E-state index contributed by atoms with van der Waals surface area (Å²) in [7, 11) is 0. The van der Waals surface area contributed by atoms with Gasteiger partial charge in [-0.3, -0.25) is 19.7 Å². The molecule has 16 nitrogen and oxygen atoms in total. The second-order valence-corrected chi connectivity index (χ2v) is 5.54. The summed E-state index contributed by atoms with van der Waals surface area (Å²) in [6, 6.07) is -1.55. The minimum atomic E-state index is -1.18. The zero-order valence-electron chi connectivity index (χ0n) is 21.6. The molecule has 1 saturated heterocycles. The number of carboxylic acid groups (broad SMARTS) is 1. The molecule has 1 fully saturated rings. The molecule has 0 bridgehead atoms. The van der Waals surface area contributed by atoms with Crippen molar-refractivity contribution in [1.82, 2.24) is 16.8 Å². The zero-order chi connectivity index (χ0) is 25.1. The van der Waals surface area contributed by atoms with Gasteiger partial charge in [-0.1, -0.05) is 7.43 Å². The third kappa shape index (κ3) is 64.0. The average molecular weight is 679 g/mol.